The maximum Gasteiger partial charge on any atom is 0.247 e. The van der Waals surface area contributed by atoms with Gasteiger partial charge >= 0.3 is 0 Å². The van der Waals surface area contributed by atoms with Crippen LogP contribution >= 0.6 is 0 Å². The Morgan fingerprint density at radius 3 is 1.58 bits per heavy atom. The maximum absolute atomic E-state index is 6.90. The van der Waals surface area contributed by atoms with Gasteiger partial charge in [0, 0.05) is 39.4 Å². The molecule has 0 amide bonds. The second-order valence-electron chi connectivity index (χ2n) is 21.2. The van der Waals surface area contributed by atoms with E-state index >= 15 is 0 Å². The van der Waals surface area contributed by atoms with Gasteiger partial charge in [-0.05, 0) is 130 Å². The number of rotatable bonds is 2. The van der Waals surface area contributed by atoms with Gasteiger partial charge < -0.3 is 18.6 Å². The summed E-state index contributed by atoms with van der Waals surface area (Å²) in [5.74, 6) is 0. The van der Waals surface area contributed by atoms with Crippen molar-refractivity contribution in [2.24, 2.45) is 0 Å². The summed E-state index contributed by atoms with van der Waals surface area (Å²) in [6, 6.07) is 54.8. The van der Waals surface area contributed by atoms with Crippen molar-refractivity contribution in [1.29, 1.82) is 0 Å². The number of fused-ring (bicyclic) bond motifs is 12. The Balaban J connectivity index is 1.04. The van der Waals surface area contributed by atoms with E-state index < -0.39 is 0 Å². The standard InChI is InChI=1S/C61H51BN2O2/c1-34-23-35(2)58(36(3)24-34)62-48-13-12-16-52-59(48)64(53-33-57-47(32-49(53)62)46-28-40-26-42(61(7,8)9)20-18-38(40)30-55(46)66-57)51-15-11-10-14-50(51)63(52)43-21-22-44-45-27-39-25-41(60(4,5)6)19-17-37(39)29-54(45)65-56(44)31-43/h10-33H,1-9H3. The van der Waals surface area contributed by atoms with Crippen molar-refractivity contribution in [3.8, 4) is 0 Å². The van der Waals surface area contributed by atoms with Gasteiger partial charge in [0.05, 0.1) is 28.4 Å². The van der Waals surface area contributed by atoms with Gasteiger partial charge in [-0.25, -0.2) is 0 Å². The van der Waals surface area contributed by atoms with Crippen LogP contribution in [0.5, 0.6) is 0 Å². The average molecular weight is 855 g/mol. The molecule has 5 heteroatoms. The summed E-state index contributed by atoms with van der Waals surface area (Å²) in [5.41, 5.74) is 20.9. The summed E-state index contributed by atoms with van der Waals surface area (Å²) in [7, 11) is 0. The number of anilines is 6. The Labute approximate surface area is 386 Å². The Bertz CT molecular complexity index is 3890. The van der Waals surface area contributed by atoms with Crippen molar-refractivity contribution in [2.75, 3.05) is 9.80 Å². The molecular formula is C61H51BN2O2. The minimum absolute atomic E-state index is 0.0213. The monoisotopic (exact) mass is 854 g/mol. The third kappa shape index (κ3) is 5.65. The van der Waals surface area contributed by atoms with E-state index in [0.29, 0.717) is 0 Å². The lowest BCUT2D eigenvalue weighted by Crippen LogP contribution is -2.59. The SMILES string of the molecule is Cc1cc(C)c(B2c3cc4c(cc3N3c5ccccc5N(c5ccc6c(c5)oc5cc7ccc(C(C)(C)C)cc7cc56)c5cccc2c53)oc2cc3ccc(C(C)(C)C)cc3cc24)c(C)c1. The first kappa shape index (κ1) is 39.2. The van der Waals surface area contributed by atoms with Gasteiger partial charge in [-0.15, -0.1) is 0 Å². The minimum atomic E-state index is -0.0213. The molecule has 0 aliphatic carbocycles. The van der Waals surface area contributed by atoms with Crippen LogP contribution in [0.1, 0.15) is 69.4 Å². The molecule has 4 nitrogen and oxygen atoms in total. The number of aryl methyl sites for hydroxylation is 3. The van der Waals surface area contributed by atoms with Crippen molar-refractivity contribution in [1.82, 2.24) is 0 Å². The molecule has 2 aliphatic rings. The summed E-state index contributed by atoms with van der Waals surface area (Å²) < 4.78 is 13.7. The third-order valence-corrected chi connectivity index (χ3v) is 14.7. The summed E-state index contributed by atoms with van der Waals surface area (Å²) in [5, 5.41) is 9.40. The number of furan rings is 2. The Morgan fingerprint density at radius 2 is 0.955 bits per heavy atom. The van der Waals surface area contributed by atoms with Crippen LogP contribution in [0.15, 0.2) is 154 Å². The van der Waals surface area contributed by atoms with Gasteiger partial charge in [-0.1, -0.05) is 143 Å². The van der Waals surface area contributed by atoms with Gasteiger partial charge in [0.15, 0.2) is 0 Å². The Morgan fingerprint density at radius 1 is 0.409 bits per heavy atom. The second-order valence-corrected chi connectivity index (χ2v) is 21.2. The number of nitrogens with zero attached hydrogens (tertiary/aromatic N) is 2. The summed E-state index contributed by atoms with van der Waals surface area (Å²) in [6.45, 7) is 20.4. The molecule has 11 aromatic rings. The predicted molar refractivity (Wildman–Crippen MR) is 282 cm³/mol. The smallest absolute Gasteiger partial charge is 0.247 e. The molecule has 2 aromatic heterocycles. The highest BCUT2D eigenvalue weighted by atomic mass is 16.3. The predicted octanol–water partition coefficient (Wildman–Crippen LogP) is 15.4. The van der Waals surface area contributed by atoms with E-state index in [1.54, 1.807) is 0 Å². The molecule has 0 saturated carbocycles. The van der Waals surface area contributed by atoms with Gasteiger partial charge in [0.2, 0.25) is 6.71 Å². The lowest BCUT2D eigenvalue weighted by molar-refractivity contribution is 0.591. The van der Waals surface area contributed by atoms with E-state index in [2.05, 4.69) is 218 Å². The van der Waals surface area contributed by atoms with Crippen LogP contribution in [0, 0.1) is 20.8 Å². The summed E-state index contributed by atoms with van der Waals surface area (Å²) >= 11 is 0. The van der Waals surface area contributed by atoms with Crippen molar-refractivity contribution in [3.05, 3.63) is 173 Å². The molecule has 0 atom stereocenters. The fourth-order valence-corrected chi connectivity index (χ4v) is 11.5. The molecule has 4 heterocycles. The highest BCUT2D eigenvalue weighted by Gasteiger charge is 2.43. The molecule has 0 fully saturated rings. The molecule has 2 aliphatic heterocycles. The zero-order valence-electron chi connectivity index (χ0n) is 39.1. The number of benzene rings is 9. The second kappa shape index (κ2) is 13.4. The zero-order valence-corrected chi connectivity index (χ0v) is 39.1. The highest BCUT2D eigenvalue weighted by Crippen LogP contribution is 2.55. The van der Waals surface area contributed by atoms with Crippen LogP contribution in [0.2, 0.25) is 0 Å². The van der Waals surface area contributed by atoms with Crippen LogP contribution in [0.25, 0.3) is 65.4 Å². The fourth-order valence-electron chi connectivity index (χ4n) is 11.5. The van der Waals surface area contributed by atoms with Crippen LogP contribution in [-0.4, -0.2) is 6.71 Å². The molecule has 0 radical (unpaired) electrons. The van der Waals surface area contributed by atoms with Crippen molar-refractivity contribution < 1.29 is 8.83 Å². The van der Waals surface area contributed by atoms with Crippen LogP contribution in [0.3, 0.4) is 0 Å². The minimum Gasteiger partial charge on any atom is -0.456 e. The van der Waals surface area contributed by atoms with Gasteiger partial charge in [-0.2, -0.15) is 0 Å². The average Bonchev–Trinajstić information content (AvgIpc) is 3.81. The van der Waals surface area contributed by atoms with Crippen LogP contribution in [-0.2, 0) is 10.8 Å². The van der Waals surface area contributed by atoms with E-state index in [1.165, 1.54) is 71.4 Å². The number of hydrogen-bond acceptors (Lipinski definition) is 4. The first-order valence-electron chi connectivity index (χ1n) is 23.4. The lowest BCUT2D eigenvalue weighted by Gasteiger charge is -2.45. The molecule has 9 aromatic carbocycles. The first-order valence-corrected chi connectivity index (χ1v) is 23.4. The molecule has 66 heavy (non-hydrogen) atoms. The Hall–Kier alpha value is -7.24. The normalized spacial score (nSPS) is 13.7. The van der Waals surface area contributed by atoms with Crippen LogP contribution < -0.4 is 26.2 Å². The quantitative estimate of drug-likeness (QED) is 0.162. The molecule has 320 valence electrons. The molecule has 0 N–H and O–H groups in total. The molecular weight excluding hydrogens is 803 g/mol. The Kier molecular flexibility index (Phi) is 7.96. The van der Waals surface area contributed by atoms with E-state index in [4.69, 9.17) is 8.83 Å². The topological polar surface area (TPSA) is 32.8 Å². The van der Waals surface area contributed by atoms with Crippen molar-refractivity contribution in [2.45, 2.75) is 73.1 Å². The maximum atomic E-state index is 6.90. The molecule has 0 bridgehead atoms. The van der Waals surface area contributed by atoms with Gasteiger partial charge in [-0.3, -0.25) is 0 Å². The highest BCUT2D eigenvalue weighted by molar-refractivity contribution is 6.98. The van der Waals surface area contributed by atoms with Gasteiger partial charge in [0.1, 0.15) is 22.3 Å². The molecule has 0 unspecified atom stereocenters. The molecule has 0 saturated heterocycles. The van der Waals surface area contributed by atoms with Crippen molar-refractivity contribution in [3.63, 3.8) is 0 Å². The largest absolute Gasteiger partial charge is 0.456 e. The van der Waals surface area contributed by atoms with Crippen LogP contribution in [0.4, 0.5) is 34.1 Å². The van der Waals surface area contributed by atoms with Crippen molar-refractivity contribution >= 4 is 123 Å². The summed E-state index contributed by atoms with van der Waals surface area (Å²) in [6.07, 6.45) is 0. The lowest BCUT2D eigenvalue weighted by atomic mass is 9.33. The molecule has 0 spiro atoms. The third-order valence-electron chi connectivity index (χ3n) is 14.7. The van der Waals surface area contributed by atoms with Gasteiger partial charge in [0.25, 0.3) is 0 Å². The van der Waals surface area contributed by atoms with E-state index in [0.717, 1.165) is 72.3 Å². The fraction of sp³-hybridized carbons (Fsp3) is 0.180. The first-order chi connectivity index (χ1) is 31.7. The number of para-hydroxylation sites is 3. The number of hydrogen-bond donors (Lipinski definition) is 0. The summed E-state index contributed by atoms with van der Waals surface area (Å²) in [4.78, 5) is 4.95. The molecule has 13 rings (SSSR count). The van der Waals surface area contributed by atoms with E-state index in [1.807, 2.05) is 0 Å². The zero-order chi connectivity index (χ0) is 45.1. The van der Waals surface area contributed by atoms with E-state index in [-0.39, 0.29) is 17.5 Å². The van der Waals surface area contributed by atoms with E-state index in [9.17, 15) is 0 Å².